The van der Waals surface area contributed by atoms with Crippen LogP contribution in [-0.2, 0) is 13.0 Å². The van der Waals surface area contributed by atoms with E-state index in [0.717, 1.165) is 43.1 Å². The molecule has 110 valence electrons. The minimum absolute atomic E-state index is 0.714. The van der Waals surface area contributed by atoms with Crippen LogP contribution in [0.2, 0.25) is 0 Å². The van der Waals surface area contributed by atoms with Gasteiger partial charge in [-0.2, -0.15) is 0 Å². The quantitative estimate of drug-likeness (QED) is 0.876. The third kappa shape index (κ3) is 3.37. The van der Waals surface area contributed by atoms with Crippen LogP contribution in [-0.4, -0.2) is 24.6 Å². The highest BCUT2D eigenvalue weighted by atomic mass is 16.5. The van der Waals surface area contributed by atoms with Gasteiger partial charge in [-0.1, -0.05) is 24.3 Å². The lowest BCUT2D eigenvalue weighted by molar-refractivity contribution is 0.196. The Morgan fingerprint density at radius 1 is 1.14 bits per heavy atom. The second-order valence-corrected chi connectivity index (χ2v) is 5.66. The van der Waals surface area contributed by atoms with Crippen molar-refractivity contribution in [1.82, 2.24) is 4.90 Å². The Bertz CT molecular complexity index is 624. The molecule has 1 aliphatic rings. The summed E-state index contributed by atoms with van der Waals surface area (Å²) >= 11 is 0. The zero-order valence-electron chi connectivity index (χ0n) is 12.5. The maximum absolute atomic E-state index is 5.84. The molecule has 1 aliphatic heterocycles. The van der Waals surface area contributed by atoms with E-state index in [1.54, 1.807) is 0 Å². The van der Waals surface area contributed by atoms with E-state index in [1.807, 2.05) is 25.1 Å². The Morgan fingerprint density at radius 2 is 1.95 bits per heavy atom. The normalized spacial score (nSPS) is 14.7. The third-order valence-electron chi connectivity index (χ3n) is 4.13. The minimum Gasteiger partial charge on any atom is -0.492 e. The summed E-state index contributed by atoms with van der Waals surface area (Å²) in [7, 11) is 0. The Hall–Kier alpha value is -2.00. The standard InChI is InChI=1S/C18H22N2O/c1-14-12-17(6-7-18(14)19)21-11-10-20-9-8-15-4-2-3-5-16(15)13-20/h2-7,12H,8-11,13,19H2,1H3. The molecule has 2 N–H and O–H groups in total. The molecular formula is C18H22N2O. The summed E-state index contributed by atoms with van der Waals surface area (Å²) in [4.78, 5) is 2.45. The molecule has 0 fully saturated rings. The van der Waals surface area contributed by atoms with Gasteiger partial charge in [0.25, 0.3) is 0 Å². The highest BCUT2D eigenvalue weighted by Gasteiger charge is 2.15. The summed E-state index contributed by atoms with van der Waals surface area (Å²) in [6, 6.07) is 14.6. The van der Waals surface area contributed by atoms with Crippen LogP contribution in [0.15, 0.2) is 42.5 Å². The Labute approximate surface area is 126 Å². The lowest BCUT2D eigenvalue weighted by atomic mass is 10.0. The largest absolute Gasteiger partial charge is 0.492 e. The van der Waals surface area contributed by atoms with Crippen LogP contribution in [0.5, 0.6) is 5.75 Å². The number of benzene rings is 2. The zero-order chi connectivity index (χ0) is 14.7. The maximum Gasteiger partial charge on any atom is 0.119 e. The van der Waals surface area contributed by atoms with E-state index in [1.165, 1.54) is 11.1 Å². The molecule has 0 bridgehead atoms. The summed E-state index contributed by atoms with van der Waals surface area (Å²) in [5, 5.41) is 0. The molecular weight excluding hydrogens is 260 g/mol. The van der Waals surface area contributed by atoms with Crippen LogP contribution in [0.25, 0.3) is 0 Å². The second-order valence-electron chi connectivity index (χ2n) is 5.66. The van der Waals surface area contributed by atoms with E-state index in [-0.39, 0.29) is 0 Å². The van der Waals surface area contributed by atoms with Gasteiger partial charge >= 0.3 is 0 Å². The van der Waals surface area contributed by atoms with Crippen LogP contribution in [0, 0.1) is 6.92 Å². The Balaban J connectivity index is 1.51. The van der Waals surface area contributed by atoms with Crippen molar-refractivity contribution < 1.29 is 4.74 Å². The first-order valence-electron chi connectivity index (χ1n) is 7.50. The van der Waals surface area contributed by atoms with Gasteiger partial charge < -0.3 is 10.5 Å². The number of hydrogen-bond acceptors (Lipinski definition) is 3. The van der Waals surface area contributed by atoms with Gasteiger partial charge in [0.2, 0.25) is 0 Å². The van der Waals surface area contributed by atoms with Crippen molar-refractivity contribution in [2.75, 3.05) is 25.4 Å². The van der Waals surface area contributed by atoms with Crippen LogP contribution in [0.1, 0.15) is 16.7 Å². The molecule has 0 saturated carbocycles. The topological polar surface area (TPSA) is 38.5 Å². The molecule has 0 spiro atoms. The first kappa shape index (κ1) is 14.0. The molecule has 2 aromatic rings. The molecule has 0 amide bonds. The van der Waals surface area contributed by atoms with Gasteiger partial charge in [-0.25, -0.2) is 0 Å². The molecule has 0 atom stereocenters. The average molecular weight is 282 g/mol. The predicted molar refractivity (Wildman–Crippen MR) is 86.5 cm³/mol. The molecule has 1 heterocycles. The number of nitrogen functional groups attached to an aromatic ring is 1. The van der Waals surface area contributed by atoms with Gasteiger partial charge in [-0.05, 0) is 48.2 Å². The molecule has 3 heteroatoms. The molecule has 0 unspecified atom stereocenters. The van der Waals surface area contributed by atoms with E-state index >= 15 is 0 Å². The number of nitrogens with zero attached hydrogens (tertiary/aromatic N) is 1. The first-order chi connectivity index (χ1) is 10.2. The summed E-state index contributed by atoms with van der Waals surface area (Å²) in [6.07, 6.45) is 1.14. The number of anilines is 1. The molecule has 21 heavy (non-hydrogen) atoms. The van der Waals surface area contributed by atoms with Crippen molar-refractivity contribution in [2.24, 2.45) is 0 Å². The van der Waals surface area contributed by atoms with Gasteiger partial charge in [-0.15, -0.1) is 0 Å². The van der Waals surface area contributed by atoms with Gasteiger partial charge in [0.15, 0.2) is 0 Å². The van der Waals surface area contributed by atoms with Crippen molar-refractivity contribution in [3.63, 3.8) is 0 Å². The molecule has 3 nitrogen and oxygen atoms in total. The number of fused-ring (bicyclic) bond motifs is 1. The van der Waals surface area contributed by atoms with E-state index in [9.17, 15) is 0 Å². The van der Waals surface area contributed by atoms with E-state index in [4.69, 9.17) is 10.5 Å². The molecule has 0 radical (unpaired) electrons. The molecule has 3 rings (SSSR count). The lowest BCUT2D eigenvalue weighted by Gasteiger charge is -2.28. The van der Waals surface area contributed by atoms with Gasteiger partial charge in [0.1, 0.15) is 12.4 Å². The highest BCUT2D eigenvalue weighted by molar-refractivity contribution is 5.49. The smallest absolute Gasteiger partial charge is 0.119 e. The fraction of sp³-hybridized carbons (Fsp3) is 0.333. The lowest BCUT2D eigenvalue weighted by Crippen LogP contribution is -2.33. The van der Waals surface area contributed by atoms with Crippen molar-refractivity contribution in [3.8, 4) is 5.75 Å². The average Bonchev–Trinajstić information content (AvgIpc) is 2.51. The highest BCUT2D eigenvalue weighted by Crippen LogP contribution is 2.20. The predicted octanol–water partition coefficient (Wildman–Crippen LogP) is 3.01. The van der Waals surface area contributed by atoms with Gasteiger partial charge in [0, 0.05) is 25.3 Å². The van der Waals surface area contributed by atoms with E-state index in [0.29, 0.717) is 6.61 Å². The van der Waals surface area contributed by atoms with Crippen molar-refractivity contribution >= 4 is 5.69 Å². The number of nitrogens with two attached hydrogens (primary N) is 1. The second kappa shape index (κ2) is 6.19. The van der Waals surface area contributed by atoms with E-state index < -0.39 is 0 Å². The van der Waals surface area contributed by atoms with Gasteiger partial charge in [-0.3, -0.25) is 4.90 Å². The number of aryl methyl sites for hydroxylation is 1. The first-order valence-corrected chi connectivity index (χ1v) is 7.50. The monoisotopic (exact) mass is 282 g/mol. The van der Waals surface area contributed by atoms with Crippen molar-refractivity contribution in [3.05, 3.63) is 59.2 Å². The van der Waals surface area contributed by atoms with Crippen LogP contribution < -0.4 is 10.5 Å². The SMILES string of the molecule is Cc1cc(OCCN2CCc3ccccc3C2)ccc1N. The number of ether oxygens (including phenoxy) is 1. The summed E-state index contributed by atoms with van der Waals surface area (Å²) in [6.45, 7) is 5.81. The number of hydrogen-bond donors (Lipinski definition) is 1. The van der Waals surface area contributed by atoms with Crippen LogP contribution in [0.4, 0.5) is 5.69 Å². The third-order valence-corrected chi connectivity index (χ3v) is 4.13. The molecule has 2 aromatic carbocycles. The summed E-state index contributed by atoms with van der Waals surface area (Å²) < 4.78 is 5.84. The molecule has 0 aromatic heterocycles. The fourth-order valence-electron chi connectivity index (χ4n) is 2.78. The number of rotatable bonds is 4. The fourth-order valence-corrected chi connectivity index (χ4v) is 2.78. The zero-order valence-corrected chi connectivity index (χ0v) is 12.5. The summed E-state index contributed by atoms with van der Waals surface area (Å²) in [5.74, 6) is 0.902. The van der Waals surface area contributed by atoms with Crippen LogP contribution >= 0.6 is 0 Å². The van der Waals surface area contributed by atoms with E-state index in [2.05, 4.69) is 29.2 Å². The molecule has 0 saturated heterocycles. The minimum atomic E-state index is 0.714. The van der Waals surface area contributed by atoms with Crippen LogP contribution in [0.3, 0.4) is 0 Å². The Morgan fingerprint density at radius 3 is 2.76 bits per heavy atom. The summed E-state index contributed by atoms with van der Waals surface area (Å²) in [5.41, 5.74) is 10.6. The Kier molecular flexibility index (Phi) is 4.11. The van der Waals surface area contributed by atoms with Crippen molar-refractivity contribution in [1.29, 1.82) is 0 Å². The van der Waals surface area contributed by atoms with Crippen molar-refractivity contribution in [2.45, 2.75) is 19.9 Å². The maximum atomic E-state index is 5.84. The van der Waals surface area contributed by atoms with Gasteiger partial charge in [0.05, 0.1) is 0 Å². The molecule has 0 aliphatic carbocycles.